The first-order valence-corrected chi connectivity index (χ1v) is 12.3. The van der Waals surface area contributed by atoms with Gasteiger partial charge in [0.1, 0.15) is 16.4 Å². The number of carbonyl (C=O) groups is 1. The van der Waals surface area contributed by atoms with E-state index in [1.54, 1.807) is 30.3 Å². The van der Waals surface area contributed by atoms with Gasteiger partial charge in [-0.2, -0.15) is 4.31 Å². The highest BCUT2D eigenvalue weighted by Gasteiger charge is 2.30. The Morgan fingerprint density at radius 2 is 1.71 bits per heavy atom. The molecule has 1 aliphatic rings. The second kappa shape index (κ2) is 10.7. The molecule has 3 aromatic rings. The number of hydrogen-bond donors (Lipinski definition) is 1. The van der Waals surface area contributed by atoms with Gasteiger partial charge in [-0.05, 0) is 35.4 Å². The summed E-state index contributed by atoms with van der Waals surface area (Å²) in [5, 5.41) is 2.78. The second-order valence-electron chi connectivity index (χ2n) is 7.74. The maximum Gasteiger partial charge on any atom is 0.247 e. The van der Waals surface area contributed by atoms with Crippen molar-refractivity contribution in [2.24, 2.45) is 0 Å². The molecule has 10 heteroatoms. The van der Waals surface area contributed by atoms with Gasteiger partial charge in [-0.3, -0.25) is 4.79 Å². The molecule has 35 heavy (non-hydrogen) atoms. The number of rotatable bonds is 10. The maximum atomic E-state index is 13.7. The van der Waals surface area contributed by atoms with E-state index in [2.05, 4.69) is 5.32 Å². The Morgan fingerprint density at radius 1 is 0.943 bits per heavy atom. The molecule has 0 atom stereocenters. The molecule has 9 nitrogen and oxygen atoms in total. The van der Waals surface area contributed by atoms with Gasteiger partial charge in [-0.15, -0.1) is 0 Å². The minimum absolute atomic E-state index is 0.000974. The van der Waals surface area contributed by atoms with Crippen molar-refractivity contribution in [3.05, 3.63) is 77.9 Å². The van der Waals surface area contributed by atoms with E-state index in [0.717, 1.165) is 15.4 Å². The van der Waals surface area contributed by atoms with Gasteiger partial charge in [-0.25, -0.2) is 8.42 Å². The van der Waals surface area contributed by atoms with Crippen LogP contribution in [0.3, 0.4) is 0 Å². The molecule has 184 valence electrons. The molecule has 1 aliphatic heterocycles. The van der Waals surface area contributed by atoms with Crippen molar-refractivity contribution in [2.75, 3.05) is 27.6 Å². The van der Waals surface area contributed by atoms with Gasteiger partial charge in [0.15, 0.2) is 11.5 Å². The fourth-order valence-corrected chi connectivity index (χ4v) is 5.16. The summed E-state index contributed by atoms with van der Waals surface area (Å²) in [7, 11) is -1.29. The summed E-state index contributed by atoms with van der Waals surface area (Å²) in [6.07, 6.45) is 0. The highest BCUT2D eigenvalue weighted by molar-refractivity contribution is 7.89. The van der Waals surface area contributed by atoms with Crippen molar-refractivity contribution in [1.29, 1.82) is 0 Å². The zero-order chi connectivity index (χ0) is 24.8. The first kappa shape index (κ1) is 24.4. The van der Waals surface area contributed by atoms with Crippen molar-refractivity contribution >= 4 is 15.9 Å². The zero-order valence-corrected chi connectivity index (χ0v) is 20.2. The van der Waals surface area contributed by atoms with Crippen molar-refractivity contribution in [3.63, 3.8) is 0 Å². The number of amides is 1. The molecule has 0 bridgehead atoms. The van der Waals surface area contributed by atoms with Crippen molar-refractivity contribution in [1.82, 2.24) is 9.62 Å². The van der Waals surface area contributed by atoms with Crippen LogP contribution in [0.25, 0.3) is 0 Å². The Balaban J connectivity index is 1.56. The lowest BCUT2D eigenvalue weighted by Gasteiger charge is -2.23. The van der Waals surface area contributed by atoms with Crippen LogP contribution in [-0.2, 0) is 27.9 Å². The summed E-state index contributed by atoms with van der Waals surface area (Å²) >= 11 is 0. The largest absolute Gasteiger partial charge is 0.497 e. The number of nitrogens with zero attached hydrogens (tertiary/aromatic N) is 1. The minimum Gasteiger partial charge on any atom is -0.497 e. The van der Waals surface area contributed by atoms with Crippen LogP contribution in [0.4, 0.5) is 0 Å². The maximum absolute atomic E-state index is 13.7. The Labute approximate surface area is 204 Å². The van der Waals surface area contributed by atoms with E-state index in [0.29, 0.717) is 17.2 Å². The zero-order valence-electron chi connectivity index (χ0n) is 19.4. The summed E-state index contributed by atoms with van der Waals surface area (Å²) in [6, 6.07) is 18.9. The fraction of sp³-hybridized carbons (Fsp3) is 0.240. The molecule has 3 aromatic carbocycles. The van der Waals surface area contributed by atoms with Crippen molar-refractivity contribution in [3.8, 4) is 23.0 Å². The molecule has 0 radical (unpaired) electrons. The average Bonchev–Trinajstić information content (AvgIpc) is 3.35. The SMILES string of the molecule is COc1ccc(OC)c(S(=O)(=O)N(CC(=O)NCc2ccc3c(c2)OCO3)Cc2ccccc2)c1. The van der Waals surface area contributed by atoms with Crippen LogP contribution in [-0.4, -0.2) is 46.2 Å². The molecule has 1 N–H and O–H groups in total. The van der Waals surface area contributed by atoms with Crippen molar-refractivity contribution in [2.45, 2.75) is 18.0 Å². The van der Waals surface area contributed by atoms with Crippen LogP contribution in [0.2, 0.25) is 0 Å². The standard InChI is InChI=1S/C25H26N2O7S/c1-31-20-9-11-22(32-2)24(13-20)35(29,30)27(15-18-6-4-3-5-7-18)16-25(28)26-14-19-8-10-21-23(12-19)34-17-33-21/h3-13H,14-17H2,1-2H3,(H,26,28). The van der Waals surface area contributed by atoms with E-state index in [-0.39, 0.29) is 37.1 Å². The number of sulfonamides is 1. The molecule has 1 amide bonds. The van der Waals surface area contributed by atoms with Crippen LogP contribution < -0.4 is 24.3 Å². The van der Waals surface area contributed by atoms with Crippen LogP contribution in [0.5, 0.6) is 23.0 Å². The first-order chi connectivity index (χ1) is 16.9. The highest BCUT2D eigenvalue weighted by Crippen LogP contribution is 2.33. The van der Waals surface area contributed by atoms with Crippen LogP contribution in [0.15, 0.2) is 71.6 Å². The predicted octanol–water partition coefficient (Wildman–Crippen LogP) is 2.94. The molecule has 0 unspecified atom stereocenters. The van der Waals surface area contributed by atoms with Gasteiger partial charge in [-0.1, -0.05) is 36.4 Å². The predicted molar refractivity (Wildman–Crippen MR) is 128 cm³/mol. The molecule has 0 aromatic heterocycles. The lowest BCUT2D eigenvalue weighted by Crippen LogP contribution is -2.40. The summed E-state index contributed by atoms with van der Waals surface area (Å²) in [4.78, 5) is 12.8. The van der Waals surface area contributed by atoms with E-state index in [1.807, 2.05) is 24.3 Å². The summed E-state index contributed by atoms with van der Waals surface area (Å²) in [5.41, 5.74) is 1.54. The van der Waals surface area contributed by atoms with E-state index in [1.165, 1.54) is 26.4 Å². The fourth-order valence-electron chi connectivity index (χ4n) is 3.61. The first-order valence-electron chi connectivity index (χ1n) is 10.8. The normalized spacial score (nSPS) is 12.4. The lowest BCUT2D eigenvalue weighted by molar-refractivity contribution is -0.121. The van der Waals surface area contributed by atoms with Gasteiger partial charge < -0.3 is 24.3 Å². The summed E-state index contributed by atoms with van der Waals surface area (Å²) < 4.78 is 49.7. The number of fused-ring (bicyclic) bond motifs is 1. The Bertz CT molecular complexity index is 1300. The van der Waals surface area contributed by atoms with Crippen LogP contribution >= 0.6 is 0 Å². The molecular formula is C25H26N2O7S. The third kappa shape index (κ3) is 5.67. The number of benzene rings is 3. The smallest absolute Gasteiger partial charge is 0.247 e. The van der Waals surface area contributed by atoms with Gasteiger partial charge in [0.2, 0.25) is 22.7 Å². The van der Waals surface area contributed by atoms with E-state index < -0.39 is 15.9 Å². The van der Waals surface area contributed by atoms with E-state index in [9.17, 15) is 13.2 Å². The number of methoxy groups -OCH3 is 2. The molecule has 0 fully saturated rings. The minimum atomic E-state index is -4.13. The van der Waals surface area contributed by atoms with Gasteiger partial charge in [0, 0.05) is 19.2 Å². The topological polar surface area (TPSA) is 103 Å². The quantitative estimate of drug-likeness (QED) is 0.458. The van der Waals surface area contributed by atoms with E-state index in [4.69, 9.17) is 18.9 Å². The lowest BCUT2D eigenvalue weighted by atomic mass is 10.2. The molecular weight excluding hydrogens is 472 g/mol. The molecule has 0 aliphatic carbocycles. The summed E-state index contributed by atoms with van der Waals surface area (Å²) in [6.45, 7) is -0.0223. The number of hydrogen-bond acceptors (Lipinski definition) is 7. The van der Waals surface area contributed by atoms with Gasteiger partial charge >= 0.3 is 0 Å². The number of ether oxygens (including phenoxy) is 4. The molecule has 4 rings (SSSR count). The van der Waals surface area contributed by atoms with Crippen molar-refractivity contribution < 1.29 is 32.2 Å². The third-order valence-electron chi connectivity index (χ3n) is 5.44. The number of carbonyl (C=O) groups excluding carboxylic acids is 1. The second-order valence-corrected chi connectivity index (χ2v) is 9.65. The Hall–Kier alpha value is -3.76. The van der Waals surface area contributed by atoms with Gasteiger partial charge in [0.25, 0.3) is 0 Å². The van der Waals surface area contributed by atoms with Crippen LogP contribution in [0, 0.1) is 0 Å². The van der Waals surface area contributed by atoms with E-state index >= 15 is 0 Å². The molecule has 1 heterocycles. The molecule has 0 saturated carbocycles. The van der Waals surface area contributed by atoms with Gasteiger partial charge in [0.05, 0.1) is 20.8 Å². The van der Waals surface area contributed by atoms with Crippen LogP contribution in [0.1, 0.15) is 11.1 Å². The Morgan fingerprint density at radius 3 is 2.46 bits per heavy atom. The molecule has 0 saturated heterocycles. The number of nitrogens with one attached hydrogen (secondary N) is 1. The average molecular weight is 499 g/mol. The summed E-state index contributed by atoms with van der Waals surface area (Å²) in [5.74, 6) is 1.31. The third-order valence-corrected chi connectivity index (χ3v) is 7.25. The molecule has 0 spiro atoms. The highest BCUT2D eigenvalue weighted by atomic mass is 32.2. The Kier molecular flexibility index (Phi) is 7.42. The monoisotopic (exact) mass is 498 g/mol.